The van der Waals surface area contributed by atoms with Gasteiger partial charge in [-0.15, -0.1) is 0 Å². The van der Waals surface area contributed by atoms with Crippen molar-refractivity contribution in [3.05, 3.63) is 28.8 Å². The van der Waals surface area contributed by atoms with E-state index in [1.807, 2.05) is 6.07 Å². The van der Waals surface area contributed by atoms with Crippen LogP contribution >= 0.6 is 11.6 Å². The molecule has 19 heavy (non-hydrogen) atoms. The number of nitriles is 1. The normalized spacial score (nSPS) is 18.8. The average molecular weight is 278 g/mol. The topological polar surface area (TPSA) is 56.1 Å². The minimum absolute atomic E-state index is 0.0130. The summed E-state index contributed by atoms with van der Waals surface area (Å²) in [5.74, 6) is 0.0538. The molecule has 0 aromatic heterocycles. The van der Waals surface area contributed by atoms with Gasteiger partial charge in [-0.2, -0.15) is 5.26 Å². The maximum Gasteiger partial charge on any atom is 0.224 e. The van der Waals surface area contributed by atoms with Crippen molar-refractivity contribution in [3.63, 3.8) is 0 Å². The highest BCUT2D eigenvalue weighted by molar-refractivity contribution is 6.30. The van der Waals surface area contributed by atoms with Gasteiger partial charge in [0.25, 0.3) is 0 Å². The molecule has 1 N–H and O–H groups in total. The van der Waals surface area contributed by atoms with Crippen molar-refractivity contribution in [2.75, 3.05) is 25.0 Å². The van der Waals surface area contributed by atoms with Crippen molar-refractivity contribution < 1.29 is 4.79 Å². The zero-order valence-corrected chi connectivity index (χ0v) is 11.6. The van der Waals surface area contributed by atoms with E-state index in [1.54, 1.807) is 19.2 Å². The number of nitrogens with one attached hydrogen (secondary N) is 1. The van der Waals surface area contributed by atoms with Gasteiger partial charge >= 0.3 is 0 Å². The maximum absolute atomic E-state index is 11.7. The monoisotopic (exact) mass is 277 g/mol. The van der Waals surface area contributed by atoms with Crippen LogP contribution in [-0.2, 0) is 4.79 Å². The van der Waals surface area contributed by atoms with Gasteiger partial charge in [0, 0.05) is 25.2 Å². The largest absolute Gasteiger partial charge is 0.370 e. The molecule has 0 aliphatic carbocycles. The van der Waals surface area contributed by atoms with E-state index < -0.39 is 0 Å². The molecule has 0 unspecified atom stereocenters. The smallest absolute Gasteiger partial charge is 0.224 e. The van der Waals surface area contributed by atoms with Crippen LogP contribution in [0.1, 0.15) is 18.4 Å². The highest BCUT2D eigenvalue weighted by Gasteiger charge is 2.26. The Hall–Kier alpha value is -1.73. The van der Waals surface area contributed by atoms with Crippen LogP contribution in [0, 0.1) is 17.2 Å². The van der Waals surface area contributed by atoms with E-state index >= 15 is 0 Å². The number of nitrogens with zero attached hydrogens (tertiary/aromatic N) is 2. The molecule has 1 aliphatic rings. The molecule has 1 heterocycles. The third kappa shape index (κ3) is 2.99. The number of piperidine rings is 1. The van der Waals surface area contributed by atoms with E-state index in [-0.39, 0.29) is 11.8 Å². The molecule has 1 aromatic rings. The molecular weight excluding hydrogens is 262 g/mol. The van der Waals surface area contributed by atoms with Gasteiger partial charge in [-0.3, -0.25) is 4.79 Å². The summed E-state index contributed by atoms with van der Waals surface area (Å²) in [4.78, 5) is 13.8. The summed E-state index contributed by atoms with van der Waals surface area (Å²) in [6.07, 6.45) is 1.84. The third-order valence-corrected chi connectivity index (χ3v) is 3.69. The number of benzene rings is 1. The Morgan fingerprint density at radius 2 is 2.37 bits per heavy atom. The lowest BCUT2D eigenvalue weighted by atomic mass is 9.96. The van der Waals surface area contributed by atoms with Gasteiger partial charge in [0.1, 0.15) is 6.07 Å². The molecule has 0 radical (unpaired) electrons. The number of rotatable bonds is 2. The van der Waals surface area contributed by atoms with Crippen LogP contribution in [-0.4, -0.2) is 26.0 Å². The quantitative estimate of drug-likeness (QED) is 0.901. The Balaban J connectivity index is 2.22. The molecule has 1 atom stereocenters. The average Bonchev–Trinajstić information content (AvgIpc) is 2.46. The molecule has 1 fully saturated rings. The summed E-state index contributed by atoms with van der Waals surface area (Å²) in [5, 5.41) is 12.4. The summed E-state index contributed by atoms with van der Waals surface area (Å²) in [7, 11) is 1.66. The number of hydrogen-bond acceptors (Lipinski definition) is 3. The summed E-state index contributed by atoms with van der Waals surface area (Å²) in [6, 6.07) is 7.47. The maximum atomic E-state index is 11.7. The van der Waals surface area contributed by atoms with Crippen LogP contribution in [0.15, 0.2) is 18.2 Å². The minimum Gasteiger partial charge on any atom is -0.370 e. The van der Waals surface area contributed by atoms with Crippen LogP contribution in [0.4, 0.5) is 5.69 Å². The molecule has 1 amide bonds. The first-order valence-electron chi connectivity index (χ1n) is 6.32. The van der Waals surface area contributed by atoms with Crippen molar-refractivity contribution >= 4 is 23.2 Å². The Kier molecular flexibility index (Phi) is 4.28. The second-order valence-corrected chi connectivity index (χ2v) is 5.11. The fraction of sp³-hybridized carbons (Fsp3) is 0.429. The van der Waals surface area contributed by atoms with Crippen LogP contribution in [0.25, 0.3) is 0 Å². The third-order valence-electron chi connectivity index (χ3n) is 3.46. The van der Waals surface area contributed by atoms with Gasteiger partial charge in [0.15, 0.2) is 0 Å². The SMILES string of the molecule is CNC(=O)[C@@H]1CCCN(c2ccc(Cl)cc2C#N)C1. The molecule has 100 valence electrons. The molecule has 4 nitrogen and oxygen atoms in total. The number of halogens is 1. The first-order valence-corrected chi connectivity index (χ1v) is 6.69. The number of anilines is 1. The lowest BCUT2D eigenvalue weighted by Crippen LogP contribution is -2.42. The second-order valence-electron chi connectivity index (χ2n) is 4.67. The van der Waals surface area contributed by atoms with Crippen LogP contribution in [0.3, 0.4) is 0 Å². The molecule has 2 rings (SSSR count). The van der Waals surface area contributed by atoms with Crippen molar-refractivity contribution in [2.24, 2.45) is 5.92 Å². The van der Waals surface area contributed by atoms with Gasteiger partial charge in [-0.25, -0.2) is 0 Å². The summed E-state index contributed by atoms with van der Waals surface area (Å²) in [6.45, 7) is 1.51. The molecule has 0 bridgehead atoms. The lowest BCUT2D eigenvalue weighted by Gasteiger charge is -2.34. The van der Waals surface area contributed by atoms with Gasteiger partial charge in [-0.1, -0.05) is 11.6 Å². The lowest BCUT2D eigenvalue weighted by molar-refractivity contribution is -0.124. The number of carbonyl (C=O) groups is 1. The number of amides is 1. The van der Waals surface area contributed by atoms with E-state index in [2.05, 4.69) is 16.3 Å². The van der Waals surface area contributed by atoms with Crippen molar-refractivity contribution in [1.29, 1.82) is 5.26 Å². The fourth-order valence-electron chi connectivity index (χ4n) is 2.49. The predicted molar refractivity (Wildman–Crippen MR) is 75.2 cm³/mol. The zero-order valence-electron chi connectivity index (χ0n) is 10.8. The minimum atomic E-state index is -0.0130. The second kappa shape index (κ2) is 5.94. The van der Waals surface area contributed by atoms with E-state index in [1.165, 1.54) is 0 Å². The van der Waals surface area contributed by atoms with Crippen molar-refractivity contribution in [2.45, 2.75) is 12.8 Å². The van der Waals surface area contributed by atoms with Gasteiger partial charge in [0.2, 0.25) is 5.91 Å². The Labute approximate surface area is 118 Å². The van der Waals surface area contributed by atoms with E-state index in [0.29, 0.717) is 17.1 Å². The summed E-state index contributed by atoms with van der Waals surface area (Å²) in [5.41, 5.74) is 1.42. The van der Waals surface area contributed by atoms with E-state index in [4.69, 9.17) is 11.6 Å². The molecule has 1 aliphatic heterocycles. The first-order chi connectivity index (χ1) is 9.15. The molecule has 0 spiro atoms. The highest BCUT2D eigenvalue weighted by atomic mass is 35.5. The first kappa shape index (κ1) is 13.7. The fourth-order valence-corrected chi connectivity index (χ4v) is 2.66. The van der Waals surface area contributed by atoms with Crippen LogP contribution in [0.2, 0.25) is 5.02 Å². The molecule has 5 heteroatoms. The zero-order chi connectivity index (χ0) is 13.8. The molecule has 0 saturated carbocycles. The Morgan fingerprint density at radius 1 is 1.58 bits per heavy atom. The highest BCUT2D eigenvalue weighted by Crippen LogP contribution is 2.28. The number of carbonyl (C=O) groups excluding carboxylic acids is 1. The summed E-state index contributed by atoms with van der Waals surface area (Å²) >= 11 is 5.90. The standard InChI is InChI=1S/C14H16ClN3O/c1-17-14(19)10-3-2-6-18(9-10)13-5-4-12(15)7-11(13)8-16/h4-5,7,10H,2-3,6,9H2,1H3,(H,17,19)/t10-/m1/s1. The molecule has 1 saturated heterocycles. The van der Waals surface area contributed by atoms with Crippen molar-refractivity contribution in [1.82, 2.24) is 5.32 Å². The molecule has 1 aromatic carbocycles. The van der Waals surface area contributed by atoms with E-state index in [9.17, 15) is 10.1 Å². The van der Waals surface area contributed by atoms with Gasteiger partial charge in [0.05, 0.1) is 17.2 Å². The Bertz CT molecular complexity index is 524. The molecular formula is C14H16ClN3O. The predicted octanol–water partition coefficient (Wildman–Crippen LogP) is 2.17. The van der Waals surface area contributed by atoms with Gasteiger partial charge < -0.3 is 10.2 Å². The van der Waals surface area contributed by atoms with Crippen LogP contribution < -0.4 is 10.2 Å². The van der Waals surface area contributed by atoms with E-state index in [0.717, 1.165) is 25.1 Å². The summed E-state index contributed by atoms with van der Waals surface area (Å²) < 4.78 is 0. The van der Waals surface area contributed by atoms with Crippen LogP contribution in [0.5, 0.6) is 0 Å². The van der Waals surface area contributed by atoms with Crippen molar-refractivity contribution in [3.8, 4) is 6.07 Å². The van der Waals surface area contributed by atoms with Gasteiger partial charge in [-0.05, 0) is 31.0 Å². The Morgan fingerprint density at radius 3 is 3.05 bits per heavy atom. The number of hydrogen-bond donors (Lipinski definition) is 1.